The number of rotatable bonds is 4. The summed E-state index contributed by atoms with van der Waals surface area (Å²) in [7, 11) is 0. The minimum Gasteiger partial charge on any atom is -0.480 e. The Hall–Kier alpha value is -2.21. The summed E-state index contributed by atoms with van der Waals surface area (Å²) in [6.07, 6.45) is 0. The number of carbonyl (C=O) groups is 3. The third-order valence-electron chi connectivity index (χ3n) is 2.80. The second-order valence-corrected chi connectivity index (χ2v) is 4.01. The highest BCUT2D eigenvalue weighted by molar-refractivity contribution is 6.21. The zero-order chi connectivity index (χ0) is 13.3. The highest BCUT2D eigenvalue weighted by Crippen LogP contribution is 2.21. The van der Waals surface area contributed by atoms with Crippen LogP contribution in [0.2, 0.25) is 0 Å². The summed E-state index contributed by atoms with van der Waals surface area (Å²) in [6.45, 7) is 1.33. The number of amides is 2. The number of nitrogens with one attached hydrogen (secondary N) is 1. The molecule has 0 radical (unpaired) electrons. The van der Waals surface area contributed by atoms with Crippen molar-refractivity contribution < 1.29 is 19.5 Å². The average Bonchev–Trinajstić information content (AvgIpc) is 2.60. The number of carboxylic acid groups (broad SMARTS) is 1. The molecule has 0 bridgehead atoms. The molecule has 0 fully saturated rings. The van der Waals surface area contributed by atoms with E-state index in [1.165, 1.54) is 6.92 Å². The Balaban J connectivity index is 2.12. The van der Waals surface area contributed by atoms with Gasteiger partial charge in [-0.1, -0.05) is 12.1 Å². The lowest BCUT2D eigenvalue weighted by Gasteiger charge is -2.16. The summed E-state index contributed by atoms with van der Waals surface area (Å²) in [6, 6.07) is 5.70. The summed E-state index contributed by atoms with van der Waals surface area (Å²) in [5.74, 6) is -1.84. The Bertz CT molecular complexity index is 492. The zero-order valence-corrected chi connectivity index (χ0v) is 9.71. The summed E-state index contributed by atoms with van der Waals surface area (Å²) >= 11 is 0. The van der Waals surface area contributed by atoms with Crippen molar-refractivity contribution in [3.8, 4) is 0 Å². The van der Waals surface area contributed by atoms with Gasteiger partial charge in [0, 0.05) is 0 Å². The lowest BCUT2D eigenvalue weighted by atomic mass is 10.1. The summed E-state index contributed by atoms with van der Waals surface area (Å²) in [4.78, 5) is 35.5. The van der Waals surface area contributed by atoms with Crippen LogP contribution in [-0.2, 0) is 4.79 Å². The fraction of sp³-hybridized carbons (Fsp3) is 0.250. The van der Waals surface area contributed by atoms with Gasteiger partial charge in [-0.15, -0.1) is 0 Å². The standard InChI is InChI=1S/C12H12N2O4/c1-7(12(17)18)13-6-14-10(15)8-4-2-3-5-9(8)11(14)16/h2-5,7,13H,6H2,1H3,(H,17,18)/t7-/m1/s1. The predicted molar refractivity (Wildman–Crippen MR) is 62.0 cm³/mol. The Morgan fingerprint density at radius 1 is 1.28 bits per heavy atom. The van der Waals surface area contributed by atoms with Crippen LogP contribution in [0.3, 0.4) is 0 Å². The number of hydrogen-bond donors (Lipinski definition) is 2. The van der Waals surface area contributed by atoms with Crippen molar-refractivity contribution in [1.82, 2.24) is 10.2 Å². The van der Waals surface area contributed by atoms with Gasteiger partial charge in [-0.2, -0.15) is 0 Å². The molecule has 0 spiro atoms. The molecule has 1 atom stereocenters. The first kappa shape index (κ1) is 12.3. The van der Waals surface area contributed by atoms with Gasteiger partial charge in [-0.3, -0.25) is 24.6 Å². The molecule has 1 aliphatic heterocycles. The van der Waals surface area contributed by atoms with Crippen molar-refractivity contribution in [1.29, 1.82) is 0 Å². The highest BCUT2D eigenvalue weighted by Gasteiger charge is 2.35. The molecule has 0 aromatic heterocycles. The van der Waals surface area contributed by atoms with Crippen molar-refractivity contribution in [2.24, 2.45) is 0 Å². The Morgan fingerprint density at radius 3 is 2.22 bits per heavy atom. The van der Waals surface area contributed by atoms with Crippen molar-refractivity contribution in [2.45, 2.75) is 13.0 Å². The quantitative estimate of drug-likeness (QED) is 0.748. The number of carboxylic acids is 1. The molecule has 0 aliphatic carbocycles. The van der Waals surface area contributed by atoms with Crippen LogP contribution in [0.15, 0.2) is 24.3 Å². The number of imide groups is 1. The molecule has 2 rings (SSSR count). The number of carbonyl (C=O) groups excluding carboxylic acids is 2. The van der Waals surface area contributed by atoms with Gasteiger partial charge in [-0.25, -0.2) is 0 Å². The molecule has 6 heteroatoms. The molecular weight excluding hydrogens is 236 g/mol. The molecule has 18 heavy (non-hydrogen) atoms. The summed E-state index contributed by atoms with van der Waals surface area (Å²) in [5, 5.41) is 11.3. The number of nitrogens with zero attached hydrogens (tertiary/aromatic N) is 1. The smallest absolute Gasteiger partial charge is 0.320 e. The van der Waals surface area contributed by atoms with E-state index < -0.39 is 23.8 Å². The molecule has 1 aromatic rings. The highest BCUT2D eigenvalue weighted by atomic mass is 16.4. The molecule has 2 amide bonds. The normalized spacial score (nSPS) is 15.7. The molecule has 2 N–H and O–H groups in total. The van der Waals surface area contributed by atoms with Gasteiger partial charge >= 0.3 is 5.97 Å². The van der Waals surface area contributed by atoms with Gasteiger partial charge in [-0.05, 0) is 19.1 Å². The van der Waals surface area contributed by atoms with E-state index in [1.54, 1.807) is 24.3 Å². The monoisotopic (exact) mass is 248 g/mol. The predicted octanol–water partition coefficient (Wildman–Crippen LogP) is 0.303. The first-order valence-corrected chi connectivity index (χ1v) is 5.44. The van der Waals surface area contributed by atoms with E-state index in [0.29, 0.717) is 11.1 Å². The Labute approximate surface area is 103 Å². The number of fused-ring (bicyclic) bond motifs is 1. The van der Waals surface area contributed by atoms with Crippen LogP contribution in [-0.4, -0.2) is 40.5 Å². The molecule has 1 aliphatic rings. The minimum atomic E-state index is -1.04. The van der Waals surface area contributed by atoms with Crippen molar-refractivity contribution in [2.75, 3.05) is 6.67 Å². The van der Waals surface area contributed by atoms with Crippen LogP contribution in [0.25, 0.3) is 0 Å². The largest absolute Gasteiger partial charge is 0.480 e. The topological polar surface area (TPSA) is 86.7 Å². The van der Waals surface area contributed by atoms with Gasteiger partial charge in [0.2, 0.25) is 0 Å². The van der Waals surface area contributed by atoms with Crippen LogP contribution in [0.4, 0.5) is 0 Å². The van der Waals surface area contributed by atoms with Gasteiger partial charge in [0.15, 0.2) is 0 Å². The van der Waals surface area contributed by atoms with Crippen LogP contribution < -0.4 is 5.32 Å². The number of benzene rings is 1. The second kappa shape index (κ2) is 4.58. The van der Waals surface area contributed by atoms with E-state index in [-0.39, 0.29) is 6.67 Å². The number of hydrogen-bond acceptors (Lipinski definition) is 4. The van der Waals surface area contributed by atoms with Gasteiger partial charge in [0.25, 0.3) is 11.8 Å². The van der Waals surface area contributed by atoms with Crippen molar-refractivity contribution in [3.05, 3.63) is 35.4 Å². The molecule has 6 nitrogen and oxygen atoms in total. The van der Waals surface area contributed by atoms with E-state index in [2.05, 4.69) is 5.32 Å². The van der Waals surface area contributed by atoms with Gasteiger partial charge in [0.05, 0.1) is 17.8 Å². The van der Waals surface area contributed by atoms with Crippen LogP contribution in [0.5, 0.6) is 0 Å². The lowest BCUT2D eigenvalue weighted by molar-refractivity contribution is -0.139. The van der Waals surface area contributed by atoms with Crippen molar-refractivity contribution >= 4 is 17.8 Å². The van der Waals surface area contributed by atoms with E-state index >= 15 is 0 Å². The first-order valence-electron chi connectivity index (χ1n) is 5.44. The lowest BCUT2D eigenvalue weighted by Crippen LogP contribution is -2.44. The third kappa shape index (κ3) is 1.98. The second-order valence-electron chi connectivity index (χ2n) is 4.01. The Morgan fingerprint density at radius 2 is 1.78 bits per heavy atom. The van der Waals surface area contributed by atoms with E-state index in [1.807, 2.05) is 0 Å². The Kier molecular flexibility index (Phi) is 3.12. The van der Waals surface area contributed by atoms with E-state index in [9.17, 15) is 14.4 Å². The van der Waals surface area contributed by atoms with E-state index in [4.69, 9.17) is 5.11 Å². The SMILES string of the molecule is C[C@@H](NCN1C(=O)c2ccccc2C1=O)C(=O)O. The maximum absolute atomic E-state index is 11.9. The van der Waals surface area contributed by atoms with E-state index in [0.717, 1.165) is 4.90 Å². The summed E-state index contributed by atoms with van der Waals surface area (Å²) < 4.78 is 0. The molecule has 1 aromatic carbocycles. The molecule has 94 valence electrons. The zero-order valence-electron chi connectivity index (χ0n) is 9.71. The summed E-state index contributed by atoms with van der Waals surface area (Å²) in [5.41, 5.74) is 0.708. The fourth-order valence-corrected chi connectivity index (χ4v) is 1.70. The molecule has 0 saturated carbocycles. The molecule has 1 heterocycles. The molecular formula is C12H12N2O4. The van der Waals surface area contributed by atoms with Crippen LogP contribution >= 0.6 is 0 Å². The maximum atomic E-state index is 11.9. The fourth-order valence-electron chi connectivity index (χ4n) is 1.70. The third-order valence-corrected chi connectivity index (χ3v) is 2.80. The maximum Gasteiger partial charge on any atom is 0.320 e. The van der Waals surface area contributed by atoms with Gasteiger partial charge in [0.1, 0.15) is 6.04 Å². The van der Waals surface area contributed by atoms with Crippen LogP contribution in [0, 0.1) is 0 Å². The number of aliphatic carboxylic acids is 1. The van der Waals surface area contributed by atoms with Gasteiger partial charge < -0.3 is 5.11 Å². The molecule has 0 unspecified atom stereocenters. The average molecular weight is 248 g/mol. The minimum absolute atomic E-state index is 0.111. The first-order chi connectivity index (χ1) is 8.52. The van der Waals surface area contributed by atoms with Crippen molar-refractivity contribution in [3.63, 3.8) is 0 Å². The molecule has 0 saturated heterocycles. The van der Waals surface area contributed by atoms with Crippen LogP contribution in [0.1, 0.15) is 27.6 Å².